The van der Waals surface area contributed by atoms with E-state index < -0.39 is 6.10 Å². The third-order valence-corrected chi connectivity index (χ3v) is 2.23. The lowest BCUT2D eigenvalue weighted by Crippen LogP contribution is -2.22. The Balaban J connectivity index is 3.19. The molecule has 0 aliphatic carbocycles. The molecule has 0 rings (SSSR count). The molecule has 0 aliphatic heterocycles. The SMILES string of the molecule is CCOCCOCCCC(O)COC(C)CO. The highest BCUT2D eigenvalue weighted by molar-refractivity contribution is 4.56. The molecule has 0 saturated carbocycles. The summed E-state index contributed by atoms with van der Waals surface area (Å²) in [7, 11) is 0. The van der Waals surface area contributed by atoms with E-state index in [1.807, 2.05) is 6.92 Å². The summed E-state index contributed by atoms with van der Waals surface area (Å²) in [5, 5.41) is 18.3. The Morgan fingerprint density at radius 3 is 2.47 bits per heavy atom. The van der Waals surface area contributed by atoms with Crippen LogP contribution in [0.15, 0.2) is 0 Å². The Hall–Kier alpha value is -0.200. The molecule has 0 bridgehead atoms. The third kappa shape index (κ3) is 12.1. The van der Waals surface area contributed by atoms with Gasteiger partial charge in [0.2, 0.25) is 0 Å². The number of hydrogen-bond acceptors (Lipinski definition) is 5. The van der Waals surface area contributed by atoms with Gasteiger partial charge in [-0.15, -0.1) is 0 Å². The van der Waals surface area contributed by atoms with Gasteiger partial charge in [-0.05, 0) is 26.7 Å². The highest BCUT2D eigenvalue weighted by Gasteiger charge is 2.07. The highest BCUT2D eigenvalue weighted by atomic mass is 16.5. The zero-order valence-electron chi connectivity index (χ0n) is 10.9. The Labute approximate surface area is 104 Å². The minimum Gasteiger partial charge on any atom is -0.394 e. The first-order valence-corrected chi connectivity index (χ1v) is 6.26. The number of ether oxygens (including phenoxy) is 3. The van der Waals surface area contributed by atoms with Crippen LogP contribution >= 0.6 is 0 Å². The number of rotatable bonds is 12. The van der Waals surface area contributed by atoms with Crippen LogP contribution in [0, 0.1) is 0 Å². The summed E-state index contributed by atoms with van der Waals surface area (Å²) in [6.07, 6.45) is 0.739. The Morgan fingerprint density at radius 1 is 1.12 bits per heavy atom. The molecular weight excluding hydrogens is 224 g/mol. The predicted molar refractivity (Wildman–Crippen MR) is 65.1 cm³/mol. The fourth-order valence-corrected chi connectivity index (χ4v) is 1.20. The summed E-state index contributed by atoms with van der Waals surface area (Å²) in [5.74, 6) is 0. The Kier molecular flexibility index (Phi) is 12.1. The van der Waals surface area contributed by atoms with Crippen molar-refractivity contribution >= 4 is 0 Å². The van der Waals surface area contributed by atoms with Crippen LogP contribution in [0.2, 0.25) is 0 Å². The summed E-state index contributed by atoms with van der Waals surface area (Å²) in [6.45, 7) is 6.52. The van der Waals surface area contributed by atoms with Crippen LogP contribution in [0.1, 0.15) is 26.7 Å². The quantitative estimate of drug-likeness (QED) is 0.496. The van der Waals surface area contributed by atoms with Crippen LogP contribution < -0.4 is 0 Å². The largest absolute Gasteiger partial charge is 0.394 e. The topological polar surface area (TPSA) is 68.2 Å². The molecule has 5 nitrogen and oxygen atoms in total. The van der Waals surface area contributed by atoms with Crippen molar-refractivity contribution in [2.45, 2.75) is 38.9 Å². The van der Waals surface area contributed by atoms with Gasteiger partial charge in [0.05, 0.1) is 38.6 Å². The zero-order valence-corrected chi connectivity index (χ0v) is 10.9. The second kappa shape index (κ2) is 12.3. The monoisotopic (exact) mass is 250 g/mol. The van der Waals surface area contributed by atoms with E-state index in [0.29, 0.717) is 32.8 Å². The highest BCUT2D eigenvalue weighted by Crippen LogP contribution is 2.00. The summed E-state index contributed by atoms with van der Waals surface area (Å²) in [6, 6.07) is 0. The van der Waals surface area contributed by atoms with Gasteiger partial charge >= 0.3 is 0 Å². The van der Waals surface area contributed by atoms with Crippen molar-refractivity contribution in [1.29, 1.82) is 0 Å². The van der Waals surface area contributed by atoms with Crippen LogP contribution in [-0.2, 0) is 14.2 Å². The molecule has 0 aliphatic rings. The lowest BCUT2D eigenvalue weighted by molar-refractivity contribution is -0.0284. The fraction of sp³-hybridized carbons (Fsp3) is 1.00. The molecule has 0 aromatic carbocycles. The van der Waals surface area contributed by atoms with Crippen molar-refractivity contribution in [2.75, 3.05) is 39.6 Å². The van der Waals surface area contributed by atoms with Gasteiger partial charge in [-0.1, -0.05) is 0 Å². The van der Waals surface area contributed by atoms with Gasteiger partial charge in [0.25, 0.3) is 0 Å². The minimum absolute atomic E-state index is 0.0206. The van der Waals surface area contributed by atoms with E-state index in [-0.39, 0.29) is 19.3 Å². The second-order valence-electron chi connectivity index (χ2n) is 3.93. The normalized spacial score (nSPS) is 14.8. The van der Waals surface area contributed by atoms with Crippen LogP contribution in [0.3, 0.4) is 0 Å². The predicted octanol–water partition coefficient (Wildman–Crippen LogP) is 0.578. The molecule has 5 heteroatoms. The molecule has 0 aromatic rings. The summed E-state index contributed by atoms with van der Waals surface area (Å²) in [5.41, 5.74) is 0. The first-order chi connectivity index (χ1) is 8.20. The molecule has 2 atom stereocenters. The summed E-state index contributed by atoms with van der Waals surface area (Å²) in [4.78, 5) is 0. The maximum atomic E-state index is 9.55. The van der Waals surface area contributed by atoms with E-state index >= 15 is 0 Å². The van der Waals surface area contributed by atoms with Crippen LogP contribution in [-0.4, -0.2) is 62.1 Å². The standard InChI is InChI=1S/C12H26O5/c1-3-15-7-8-16-6-4-5-12(14)10-17-11(2)9-13/h11-14H,3-10H2,1-2H3. The van der Waals surface area contributed by atoms with E-state index in [9.17, 15) is 5.11 Å². The summed E-state index contributed by atoms with van der Waals surface area (Å²) < 4.78 is 15.6. The maximum Gasteiger partial charge on any atom is 0.0779 e. The van der Waals surface area contributed by atoms with Crippen LogP contribution in [0.5, 0.6) is 0 Å². The van der Waals surface area contributed by atoms with Crippen molar-refractivity contribution in [3.63, 3.8) is 0 Å². The van der Waals surface area contributed by atoms with Gasteiger partial charge in [-0.3, -0.25) is 0 Å². The molecule has 0 saturated heterocycles. The van der Waals surface area contributed by atoms with Gasteiger partial charge in [-0.2, -0.15) is 0 Å². The molecule has 0 amide bonds. The number of hydrogen-bond donors (Lipinski definition) is 2. The lowest BCUT2D eigenvalue weighted by atomic mass is 10.2. The Morgan fingerprint density at radius 2 is 1.82 bits per heavy atom. The maximum absolute atomic E-state index is 9.55. The number of aliphatic hydroxyl groups is 2. The van der Waals surface area contributed by atoms with Gasteiger partial charge in [0.15, 0.2) is 0 Å². The average Bonchev–Trinajstić information content (AvgIpc) is 2.34. The van der Waals surface area contributed by atoms with E-state index in [0.717, 1.165) is 6.42 Å². The van der Waals surface area contributed by atoms with Gasteiger partial charge < -0.3 is 24.4 Å². The van der Waals surface area contributed by atoms with Crippen molar-refractivity contribution in [1.82, 2.24) is 0 Å². The Bertz CT molecular complexity index is 154. The van der Waals surface area contributed by atoms with E-state index in [1.165, 1.54) is 0 Å². The molecule has 0 spiro atoms. The van der Waals surface area contributed by atoms with Crippen molar-refractivity contribution in [2.24, 2.45) is 0 Å². The van der Waals surface area contributed by atoms with Crippen molar-refractivity contribution in [3.8, 4) is 0 Å². The second-order valence-corrected chi connectivity index (χ2v) is 3.93. The average molecular weight is 250 g/mol. The van der Waals surface area contributed by atoms with Gasteiger partial charge in [0.1, 0.15) is 0 Å². The molecule has 0 aromatic heterocycles. The number of aliphatic hydroxyl groups excluding tert-OH is 2. The fourth-order valence-electron chi connectivity index (χ4n) is 1.20. The summed E-state index contributed by atoms with van der Waals surface area (Å²) >= 11 is 0. The van der Waals surface area contributed by atoms with Crippen molar-refractivity contribution < 1.29 is 24.4 Å². The lowest BCUT2D eigenvalue weighted by Gasteiger charge is -2.14. The smallest absolute Gasteiger partial charge is 0.0779 e. The molecule has 2 unspecified atom stereocenters. The molecular formula is C12H26O5. The first-order valence-electron chi connectivity index (χ1n) is 6.26. The van der Waals surface area contributed by atoms with Crippen LogP contribution in [0.25, 0.3) is 0 Å². The first kappa shape index (κ1) is 16.8. The van der Waals surface area contributed by atoms with Gasteiger partial charge in [0, 0.05) is 13.2 Å². The van der Waals surface area contributed by atoms with Crippen LogP contribution in [0.4, 0.5) is 0 Å². The van der Waals surface area contributed by atoms with E-state index in [1.54, 1.807) is 6.92 Å². The van der Waals surface area contributed by atoms with Gasteiger partial charge in [-0.25, -0.2) is 0 Å². The molecule has 2 N–H and O–H groups in total. The zero-order chi connectivity index (χ0) is 12.9. The molecule has 0 heterocycles. The molecule has 0 radical (unpaired) electrons. The van der Waals surface area contributed by atoms with E-state index in [4.69, 9.17) is 19.3 Å². The molecule has 17 heavy (non-hydrogen) atoms. The molecule has 104 valence electrons. The minimum atomic E-state index is -0.487. The van der Waals surface area contributed by atoms with Crippen molar-refractivity contribution in [3.05, 3.63) is 0 Å². The molecule has 0 fully saturated rings. The van der Waals surface area contributed by atoms with E-state index in [2.05, 4.69) is 0 Å². The third-order valence-electron chi connectivity index (χ3n) is 2.23.